The van der Waals surface area contributed by atoms with Crippen molar-refractivity contribution in [2.24, 2.45) is 5.92 Å². The summed E-state index contributed by atoms with van der Waals surface area (Å²) in [5.41, 5.74) is 1.26. The summed E-state index contributed by atoms with van der Waals surface area (Å²) in [5, 5.41) is 0. The largest absolute Gasteiger partial charge is 0.353 e. The van der Waals surface area contributed by atoms with Crippen LogP contribution in [0.3, 0.4) is 0 Å². The summed E-state index contributed by atoms with van der Waals surface area (Å²) in [6.07, 6.45) is 5.86. The molecule has 0 aromatic heterocycles. The van der Waals surface area contributed by atoms with Gasteiger partial charge >= 0.3 is 0 Å². The van der Waals surface area contributed by atoms with E-state index in [1.54, 1.807) is 14.2 Å². The summed E-state index contributed by atoms with van der Waals surface area (Å²) in [6.45, 7) is 2.15. The van der Waals surface area contributed by atoms with E-state index < -0.39 is 5.79 Å². The first-order chi connectivity index (χ1) is 10.1. The molecule has 1 aliphatic carbocycles. The molecule has 2 rings (SSSR count). The summed E-state index contributed by atoms with van der Waals surface area (Å²) >= 11 is 0. The molecule has 0 spiro atoms. The first-order valence-corrected chi connectivity index (χ1v) is 7.46. The third-order valence-corrected chi connectivity index (χ3v) is 4.41. The van der Waals surface area contributed by atoms with Crippen LogP contribution < -0.4 is 0 Å². The van der Waals surface area contributed by atoms with Gasteiger partial charge in [0.25, 0.3) is 0 Å². The van der Waals surface area contributed by atoms with E-state index in [4.69, 9.17) is 9.47 Å². The summed E-state index contributed by atoms with van der Waals surface area (Å²) in [7, 11) is 3.31. The molecule has 0 N–H and O–H groups in total. The molecule has 1 aromatic carbocycles. The molecule has 1 aromatic rings. The lowest BCUT2D eigenvalue weighted by Gasteiger charge is -2.39. The molecule has 0 bridgehead atoms. The van der Waals surface area contributed by atoms with E-state index in [1.165, 1.54) is 5.56 Å². The number of carbonyl (C=O) groups excluding carboxylic acids is 1. The predicted octanol–water partition coefficient (Wildman–Crippen LogP) is 3.70. The van der Waals surface area contributed by atoms with Gasteiger partial charge in [-0.2, -0.15) is 0 Å². The third-order valence-electron chi connectivity index (χ3n) is 4.41. The molecule has 21 heavy (non-hydrogen) atoms. The standard InChI is InChI=1S/C18H24O3/c1-14(15-7-5-4-6-8-15)9-10-16-13-17(19)11-12-18(16,20-2)21-3/h4-10,14,16H,11-13H2,1-3H3. The summed E-state index contributed by atoms with van der Waals surface area (Å²) < 4.78 is 11.2. The zero-order valence-electron chi connectivity index (χ0n) is 13.0. The molecule has 2 unspecified atom stereocenters. The Morgan fingerprint density at radius 2 is 1.90 bits per heavy atom. The first kappa shape index (κ1) is 15.9. The maximum absolute atomic E-state index is 11.8. The molecule has 0 radical (unpaired) electrons. The van der Waals surface area contributed by atoms with E-state index in [0.29, 0.717) is 25.2 Å². The molecule has 3 nitrogen and oxygen atoms in total. The van der Waals surface area contributed by atoms with Gasteiger partial charge in [-0.3, -0.25) is 4.79 Å². The number of methoxy groups -OCH3 is 2. The smallest absolute Gasteiger partial charge is 0.174 e. The van der Waals surface area contributed by atoms with E-state index >= 15 is 0 Å². The third kappa shape index (κ3) is 3.60. The number of Topliss-reactive ketones (excluding diaryl/α,β-unsaturated/α-hetero) is 1. The van der Waals surface area contributed by atoms with Gasteiger partial charge in [-0.05, 0) is 11.5 Å². The van der Waals surface area contributed by atoms with Crippen molar-refractivity contribution >= 4 is 5.78 Å². The zero-order chi connectivity index (χ0) is 15.3. The second-order valence-corrected chi connectivity index (χ2v) is 5.65. The Kier molecular flexibility index (Phi) is 5.32. The van der Waals surface area contributed by atoms with Crippen molar-refractivity contribution < 1.29 is 14.3 Å². The quantitative estimate of drug-likeness (QED) is 0.612. The molecule has 3 heteroatoms. The van der Waals surface area contributed by atoms with Crippen LogP contribution in [0.2, 0.25) is 0 Å². The van der Waals surface area contributed by atoms with Crippen molar-refractivity contribution in [1.82, 2.24) is 0 Å². The minimum Gasteiger partial charge on any atom is -0.353 e. The van der Waals surface area contributed by atoms with Crippen LogP contribution in [0.5, 0.6) is 0 Å². The fourth-order valence-corrected chi connectivity index (χ4v) is 2.98. The molecular weight excluding hydrogens is 264 g/mol. The number of hydrogen-bond donors (Lipinski definition) is 0. The number of hydrogen-bond acceptors (Lipinski definition) is 3. The van der Waals surface area contributed by atoms with E-state index in [1.807, 2.05) is 18.2 Å². The van der Waals surface area contributed by atoms with Crippen LogP contribution in [0.1, 0.15) is 37.7 Å². The van der Waals surface area contributed by atoms with Gasteiger partial charge in [0, 0.05) is 39.4 Å². The second-order valence-electron chi connectivity index (χ2n) is 5.65. The normalized spacial score (nSPS) is 23.4. The van der Waals surface area contributed by atoms with E-state index in [-0.39, 0.29) is 11.7 Å². The minimum absolute atomic E-state index is 0.0279. The van der Waals surface area contributed by atoms with E-state index in [0.717, 1.165) is 0 Å². The Bertz CT molecular complexity index is 488. The number of benzene rings is 1. The first-order valence-electron chi connectivity index (χ1n) is 7.46. The van der Waals surface area contributed by atoms with Gasteiger partial charge in [-0.15, -0.1) is 0 Å². The Hall–Kier alpha value is -1.45. The van der Waals surface area contributed by atoms with Gasteiger partial charge in [-0.1, -0.05) is 49.4 Å². The van der Waals surface area contributed by atoms with Crippen LogP contribution in [-0.4, -0.2) is 25.8 Å². The van der Waals surface area contributed by atoms with Crippen molar-refractivity contribution in [3.05, 3.63) is 48.0 Å². The SMILES string of the molecule is COC1(OC)CCC(=O)CC1C=CC(C)c1ccccc1. The van der Waals surface area contributed by atoms with E-state index in [9.17, 15) is 4.79 Å². The highest BCUT2D eigenvalue weighted by Crippen LogP contribution is 2.37. The van der Waals surface area contributed by atoms with Crippen LogP contribution in [0.15, 0.2) is 42.5 Å². The lowest BCUT2D eigenvalue weighted by molar-refractivity contribution is -0.241. The minimum atomic E-state index is -0.666. The number of ketones is 1. The summed E-state index contributed by atoms with van der Waals surface area (Å²) in [6, 6.07) is 10.3. The fraction of sp³-hybridized carbons (Fsp3) is 0.500. The van der Waals surface area contributed by atoms with Gasteiger partial charge in [0.2, 0.25) is 0 Å². The Morgan fingerprint density at radius 3 is 2.52 bits per heavy atom. The molecular formula is C18H24O3. The van der Waals surface area contributed by atoms with Crippen molar-refractivity contribution in [3.63, 3.8) is 0 Å². The highest BCUT2D eigenvalue weighted by Gasteiger charge is 2.42. The number of carbonyl (C=O) groups is 1. The summed E-state index contributed by atoms with van der Waals surface area (Å²) in [4.78, 5) is 11.8. The van der Waals surface area contributed by atoms with Gasteiger partial charge in [0.1, 0.15) is 5.78 Å². The van der Waals surface area contributed by atoms with Crippen LogP contribution in [0, 0.1) is 5.92 Å². The number of allylic oxidation sites excluding steroid dienone is 1. The molecule has 0 saturated heterocycles. The molecule has 2 atom stereocenters. The predicted molar refractivity (Wildman–Crippen MR) is 83.1 cm³/mol. The lowest BCUT2D eigenvalue weighted by Crippen LogP contribution is -2.45. The molecule has 1 saturated carbocycles. The Morgan fingerprint density at radius 1 is 1.24 bits per heavy atom. The van der Waals surface area contributed by atoms with Crippen molar-refractivity contribution in [3.8, 4) is 0 Å². The monoisotopic (exact) mass is 288 g/mol. The summed E-state index contributed by atoms with van der Waals surface area (Å²) in [5.74, 6) is -0.114. The highest BCUT2D eigenvalue weighted by atomic mass is 16.7. The van der Waals surface area contributed by atoms with Crippen molar-refractivity contribution in [2.75, 3.05) is 14.2 Å². The van der Waals surface area contributed by atoms with Gasteiger partial charge in [0.05, 0.1) is 0 Å². The lowest BCUT2D eigenvalue weighted by atomic mass is 9.81. The van der Waals surface area contributed by atoms with Crippen LogP contribution in [0.25, 0.3) is 0 Å². The molecule has 0 amide bonds. The maximum Gasteiger partial charge on any atom is 0.174 e. The average molecular weight is 288 g/mol. The molecule has 1 aliphatic rings. The molecule has 0 aliphatic heterocycles. The Labute approximate surface area is 127 Å². The maximum atomic E-state index is 11.8. The molecule has 0 heterocycles. The van der Waals surface area contributed by atoms with Gasteiger partial charge in [0.15, 0.2) is 5.79 Å². The van der Waals surface area contributed by atoms with Gasteiger partial charge < -0.3 is 9.47 Å². The molecule has 1 fully saturated rings. The van der Waals surface area contributed by atoms with Crippen molar-refractivity contribution in [2.45, 2.75) is 37.9 Å². The van der Waals surface area contributed by atoms with E-state index in [2.05, 4.69) is 31.2 Å². The second kappa shape index (κ2) is 7.01. The van der Waals surface area contributed by atoms with Gasteiger partial charge in [-0.25, -0.2) is 0 Å². The van der Waals surface area contributed by atoms with Crippen LogP contribution in [-0.2, 0) is 14.3 Å². The fourth-order valence-electron chi connectivity index (χ4n) is 2.98. The highest BCUT2D eigenvalue weighted by molar-refractivity contribution is 5.80. The number of rotatable bonds is 5. The average Bonchev–Trinajstić information content (AvgIpc) is 2.54. The van der Waals surface area contributed by atoms with Crippen LogP contribution >= 0.6 is 0 Å². The Balaban J connectivity index is 2.14. The van der Waals surface area contributed by atoms with Crippen LogP contribution in [0.4, 0.5) is 0 Å². The van der Waals surface area contributed by atoms with Crippen molar-refractivity contribution in [1.29, 1.82) is 0 Å². The zero-order valence-corrected chi connectivity index (χ0v) is 13.0. The number of ether oxygens (including phenoxy) is 2. The molecule has 114 valence electrons. The topological polar surface area (TPSA) is 35.5 Å².